The van der Waals surface area contributed by atoms with E-state index in [-0.39, 0.29) is 17.1 Å². The van der Waals surface area contributed by atoms with Gasteiger partial charge in [0.15, 0.2) is 0 Å². The number of likely N-dealkylation sites (tertiary alicyclic amines) is 2. The number of hydrogen-bond acceptors (Lipinski definition) is 4. The van der Waals surface area contributed by atoms with Crippen LogP contribution in [-0.2, 0) is 6.54 Å². The molecule has 2 aromatic rings. The zero-order chi connectivity index (χ0) is 20.4. The monoisotopic (exact) mass is 417 g/mol. The molecule has 1 aromatic carbocycles. The Morgan fingerprint density at radius 1 is 1.31 bits per heavy atom. The minimum Gasteiger partial charge on any atom is -0.391 e. The maximum Gasteiger partial charge on any atom is 0.255 e. The molecule has 1 atom stereocenters. The SMILES string of the molecule is O=C(c1cccnc1)N1CC(O)CC2(CCN(Cc3ccc(F)cc3Cl)CC2)C1. The summed E-state index contributed by atoms with van der Waals surface area (Å²) >= 11 is 6.17. The molecule has 1 spiro atoms. The molecule has 0 radical (unpaired) electrons. The van der Waals surface area contributed by atoms with E-state index in [1.807, 2.05) is 0 Å². The highest BCUT2D eigenvalue weighted by atomic mass is 35.5. The number of aliphatic hydroxyl groups is 1. The number of halogens is 2. The Bertz CT molecular complexity index is 872. The van der Waals surface area contributed by atoms with Crippen molar-refractivity contribution in [2.45, 2.75) is 31.9 Å². The number of aliphatic hydroxyl groups excluding tert-OH is 1. The van der Waals surface area contributed by atoms with Crippen molar-refractivity contribution in [1.82, 2.24) is 14.8 Å². The summed E-state index contributed by atoms with van der Waals surface area (Å²) in [6.07, 6.45) is 5.23. The van der Waals surface area contributed by atoms with Gasteiger partial charge in [-0.25, -0.2) is 4.39 Å². The van der Waals surface area contributed by atoms with Gasteiger partial charge in [0.05, 0.1) is 11.7 Å². The highest BCUT2D eigenvalue weighted by Gasteiger charge is 2.43. The van der Waals surface area contributed by atoms with Gasteiger partial charge in [-0.15, -0.1) is 0 Å². The summed E-state index contributed by atoms with van der Waals surface area (Å²) in [6, 6.07) is 8.04. The Morgan fingerprint density at radius 2 is 2.10 bits per heavy atom. The van der Waals surface area contributed by atoms with Crippen LogP contribution in [-0.4, -0.2) is 58.1 Å². The first kappa shape index (κ1) is 20.3. The maximum atomic E-state index is 13.3. The number of aromatic nitrogens is 1. The summed E-state index contributed by atoms with van der Waals surface area (Å²) < 4.78 is 13.3. The lowest BCUT2D eigenvalue weighted by Crippen LogP contribution is -2.55. The Hall–Kier alpha value is -2.02. The van der Waals surface area contributed by atoms with E-state index in [4.69, 9.17) is 11.6 Å². The van der Waals surface area contributed by atoms with Crippen LogP contribution in [0.25, 0.3) is 0 Å². The second kappa shape index (κ2) is 8.38. The third-order valence-electron chi connectivity index (χ3n) is 6.15. The van der Waals surface area contributed by atoms with Crippen molar-refractivity contribution in [3.8, 4) is 0 Å². The number of benzene rings is 1. The summed E-state index contributed by atoms with van der Waals surface area (Å²) in [5.41, 5.74) is 1.40. The average Bonchev–Trinajstić information content (AvgIpc) is 2.71. The number of piperidine rings is 2. The number of pyridine rings is 1. The van der Waals surface area contributed by atoms with Gasteiger partial charge in [0.2, 0.25) is 0 Å². The van der Waals surface area contributed by atoms with E-state index in [1.54, 1.807) is 35.5 Å². The number of carbonyl (C=O) groups is 1. The molecule has 3 heterocycles. The number of nitrogens with zero attached hydrogens (tertiary/aromatic N) is 3. The van der Waals surface area contributed by atoms with Crippen LogP contribution in [0.5, 0.6) is 0 Å². The molecule has 2 saturated heterocycles. The first-order valence-electron chi connectivity index (χ1n) is 9.98. The molecule has 0 bridgehead atoms. The minimum atomic E-state index is -0.512. The fourth-order valence-corrected chi connectivity index (χ4v) is 4.84. The molecule has 2 aliphatic rings. The van der Waals surface area contributed by atoms with Crippen LogP contribution in [0.15, 0.2) is 42.7 Å². The molecule has 5 nitrogen and oxygen atoms in total. The van der Waals surface area contributed by atoms with Crippen LogP contribution in [0.4, 0.5) is 4.39 Å². The minimum absolute atomic E-state index is 0.0708. The second-order valence-corrected chi connectivity index (χ2v) is 8.70. The first-order chi connectivity index (χ1) is 13.9. The molecule has 1 unspecified atom stereocenters. The Balaban J connectivity index is 1.40. The largest absolute Gasteiger partial charge is 0.391 e. The van der Waals surface area contributed by atoms with Gasteiger partial charge in [-0.05, 0) is 67.6 Å². The number of carbonyl (C=O) groups excluding carboxylic acids is 1. The lowest BCUT2D eigenvalue weighted by molar-refractivity contribution is -0.0337. The fourth-order valence-electron chi connectivity index (χ4n) is 4.62. The van der Waals surface area contributed by atoms with Crippen molar-refractivity contribution in [2.24, 2.45) is 5.41 Å². The highest BCUT2D eigenvalue weighted by molar-refractivity contribution is 6.31. The summed E-state index contributed by atoms with van der Waals surface area (Å²) in [5.74, 6) is -0.400. The van der Waals surface area contributed by atoms with E-state index in [0.29, 0.717) is 30.2 Å². The first-order valence-corrected chi connectivity index (χ1v) is 10.4. The molecule has 2 aliphatic heterocycles. The molecular weight excluding hydrogens is 393 g/mol. The topological polar surface area (TPSA) is 56.7 Å². The van der Waals surface area contributed by atoms with Gasteiger partial charge < -0.3 is 10.0 Å². The predicted octanol–water partition coefficient (Wildman–Crippen LogP) is 3.36. The van der Waals surface area contributed by atoms with Crippen molar-refractivity contribution in [1.29, 1.82) is 0 Å². The van der Waals surface area contributed by atoms with E-state index < -0.39 is 6.10 Å². The van der Waals surface area contributed by atoms with Crippen LogP contribution < -0.4 is 0 Å². The van der Waals surface area contributed by atoms with Crippen LogP contribution in [0.1, 0.15) is 35.2 Å². The predicted molar refractivity (Wildman–Crippen MR) is 109 cm³/mol. The summed E-state index contributed by atoms with van der Waals surface area (Å²) in [6.45, 7) is 3.41. The van der Waals surface area contributed by atoms with Gasteiger partial charge in [0, 0.05) is 37.1 Å². The Morgan fingerprint density at radius 3 is 2.79 bits per heavy atom. The molecule has 0 saturated carbocycles. The lowest BCUT2D eigenvalue weighted by atomic mass is 9.71. The van der Waals surface area contributed by atoms with Crippen molar-refractivity contribution in [3.05, 3.63) is 64.7 Å². The van der Waals surface area contributed by atoms with Crippen LogP contribution in [0, 0.1) is 11.2 Å². The van der Waals surface area contributed by atoms with E-state index in [9.17, 15) is 14.3 Å². The summed E-state index contributed by atoms with van der Waals surface area (Å²) in [4.78, 5) is 21.0. The van der Waals surface area contributed by atoms with Gasteiger partial charge >= 0.3 is 0 Å². The molecule has 1 aromatic heterocycles. The van der Waals surface area contributed by atoms with Crippen molar-refractivity contribution < 1.29 is 14.3 Å². The molecule has 4 rings (SSSR count). The quantitative estimate of drug-likeness (QED) is 0.832. The van der Waals surface area contributed by atoms with Gasteiger partial charge in [-0.1, -0.05) is 17.7 Å². The van der Waals surface area contributed by atoms with Gasteiger partial charge in [0.1, 0.15) is 5.82 Å². The summed E-state index contributed by atoms with van der Waals surface area (Å²) in [7, 11) is 0. The van der Waals surface area contributed by atoms with Crippen molar-refractivity contribution >= 4 is 17.5 Å². The lowest BCUT2D eigenvalue weighted by Gasteiger charge is -2.49. The molecule has 1 N–H and O–H groups in total. The standard InChI is InChI=1S/C22H25ClFN3O2/c23-20-10-18(24)4-3-17(20)13-26-8-5-22(6-9-26)11-19(28)14-27(15-22)21(29)16-2-1-7-25-12-16/h1-4,7,10,12,19,28H,5-6,8-9,11,13-15H2. The van der Waals surface area contributed by atoms with E-state index in [0.717, 1.165) is 37.9 Å². The molecule has 0 aliphatic carbocycles. The molecule has 154 valence electrons. The van der Waals surface area contributed by atoms with Crippen LogP contribution in [0.2, 0.25) is 5.02 Å². The van der Waals surface area contributed by atoms with Gasteiger partial charge in [0.25, 0.3) is 5.91 Å². The third-order valence-corrected chi connectivity index (χ3v) is 6.50. The van der Waals surface area contributed by atoms with Crippen LogP contribution >= 0.6 is 11.6 Å². The van der Waals surface area contributed by atoms with Crippen molar-refractivity contribution in [2.75, 3.05) is 26.2 Å². The van der Waals surface area contributed by atoms with Crippen molar-refractivity contribution in [3.63, 3.8) is 0 Å². The zero-order valence-corrected chi connectivity index (χ0v) is 17.0. The smallest absolute Gasteiger partial charge is 0.255 e. The normalized spacial score (nSPS) is 22.0. The molecule has 1 amide bonds. The Kier molecular flexibility index (Phi) is 5.86. The highest BCUT2D eigenvalue weighted by Crippen LogP contribution is 2.40. The third kappa shape index (κ3) is 4.60. The molecular formula is C22H25ClFN3O2. The summed E-state index contributed by atoms with van der Waals surface area (Å²) in [5, 5.41) is 10.9. The maximum absolute atomic E-state index is 13.3. The van der Waals surface area contributed by atoms with E-state index in [2.05, 4.69) is 9.88 Å². The number of rotatable bonds is 3. The van der Waals surface area contributed by atoms with Gasteiger partial charge in [-0.2, -0.15) is 0 Å². The molecule has 7 heteroatoms. The number of β-amino-alcohol motifs (C(OH)–C–C–N with tert-alkyl or cyclic N) is 1. The average molecular weight is 418 g/mol. The van der Waals surface area contributed by atoms with Crippen LogP contribution in [0.3, 0.4) is 0 Å². The van der Waals surface area contributed by atoms with E-state index in [1.165, 1.54) is 12.1 Å². The van der Waals surface area contributed by atoms with Gasteiger partial charge in [-0.3, -0.25) is 14.7 Å². The number of amides is 1. The fraction of sp³-hybridized carbons (Fsp3) is 0.455. The molecule has 2 fully saturated rings. The van der Waals surface area contributed by atoms with E-state index >= 15 is 0 Å². The Labute approximate surface area is 175 Å². The molecule has 29 heavy (non-hydrogen) atoms. The zero-order valence-electron chi connectivity index (χ0n) is 16.2. The number of hydrogen-bond donors (Lipinski definition) is 1. The second-order valence-electron chi connectivity index (χ2n) is 8.30.